The zero-order chi connectivity index (χ0) is 28.2. The van der Waals surface area contributed by atoms with E-state index in [2.05, 4.69) is 5.32 Å². The first-order valence-electron chi connectivity index (χ1n) is 12.8. The van der Waals surface area contributed by atoms with Gasteiger partial charge < -0.3 is 34.9 Å². The molecule has 0 radical (unpaired) electrons. The van der Waals surface area contributed by atoms with Crippen molar-refractivity contribution in [1.82, 2.24) is 10.2 Å². The fraction of sp³-hybridized carbons (Fsp3) is 0.517. The Morgan fingerprint density at radius 3 is 1.74 bits per heavy atom. The molecule has 1 unspecified atom stereocenters. The Bertz CT molecular complexity index is 930. The van der Waals surface area contributed by atoms with Gasteiger partial charge in [0.15, 0.2) is 6.29 Å². The van der Waals surface area contributed by atoms with E-state index >= 15 is 0 Å². The number of amides is 2. The molecule has 0 saturated heterocycles. The second-order valence-corrected chi connectivity index (χ2v) is 11.0. The SMILES string of the molecule is CC(C)(C)OC(=O)NCCN(CC(N)C(OCc1ccccc1)OCc1ccccc1)C(=O)OC(C)(C)C. The van der Waals surface area contributed by atoms with Crippen molar-refractivity contribution in [3.8, 4) is 0 Å². The highest BCUT2D eigenvalue weighted by molar-refractivity contribution is 5.69. The number of nitrogens with two attached hydrogens (primary N) is 1. The van der Waals surface area contributed by atoms with E-state index in [1.54, 1.807) is 41.5 Å². The number of hydrogen-bond acceptors (Lipinski definition) is 7. The largest absolute Gasteiger partial charge is 0.444 e. The van der Waals surface area contributed by atoms with Crippen LogP contribution in [0.1, 0.15) is 52.7 Å². The summed E-state index contributed by atoms with van der Waals surface area (Å²) in [6.07, 6.45) is -1.93. The third-order valence-electron chi connectivity index (χ3n) is 5.00. The van der Waals surface area contributed by atoms with Crippen molar-refractivity contribution in [3.63, 3.8) is 0 Å². The first-order chi connectivity index (χ1) is 17.8. The van der Waals surface area contributed by atoms with Crippen LogP contribution in [0.5, 0.6) is 0 Å². The Labute approximate surface area is 226 Å². The molecule has 0 aromatic heterocycles. The number of rotatable bonds is 12. The number of benzene rings is 2. The predicted molar refractivity (Wildman–Crippen MR) is 146 cm³/mol. The molecule has 9 nitrogen and oxygen atoms in total. The molecule has 0 spiro atoms. The van der Waals surface area contributed by atoms with Crippen LogP contribution < -0.4 is 11.1 Å². The normalized spacial score (nSPS) is 12.6. The maximum Gasteiger partial charge on any atom is 0.410 e. The topological polar surface area (TPSA) is 112 Å². The number of carbonyl (C=O) groups excluding carboxylic acids is 2. The molecular formula is C29H43N3O6. The Kier molecular flexibility index (Phi) is 12.0. The Balaban J connectivity index is 2.10. The van der Waals surface area contributed by atoms with Crippen LogP contribution in [-0.4, -0.2) is 60.3 Å². The number of nitrogens with zero attached hydrogens (tertiary/aromatic N) is 1. The standard InChI is InChI=1S/C29H43N3O6/c1-28(2,3)37-26(33)31-17-18-32(27(34)38-29(4,5)6)19-24(30)25(35-20-22-13-9-7-10-14-22)36-21-23-15-11-8-12-16-23/h7-16,24-25H,17-21,30H2,1-6H3,(H,31,33). The molecule has 0 aliphatic rings. The number of nitrogens with one attached hydrogen (secondary N) is 1. The van der Waals surface area contributed by atoms with Gasteiger partial charge in [-0.2, -0.15) is 0 Å². The van der Waals surface area contributed by atoms with Gasteiger partial charge in [-0.1, -0.05) is 60.7 Å². The third-order valence-corrected chi connectivity index (χ3v) is 5.00. The summed E-state index contributed by atoms with van der Waals surface area (Å²) in [5.74, 6) is 0. The van der Waals surface area contributed by atoms with Crippen LogP contribution in [0, 0.1) is 0 Å². The van der Waals surface area contributed by atoms with Gasteiger partial charge in [0, 0.05) is 19.6 Å². The monoisotopic (exact) mass is 529 g/mol. The molecule has 38 heavy (non-hydrogen) atoms. The molecule has 2 aromatic rings. The summed E-state index contributed by atoms with van der Waals surface area (Å²) in [5, 5.41) is 2.67. The van der Waals surface area contributed by atoms with Gasteiger partial charge in [-0.3, -0.25) is 0 Å². The Morgan fingerprint density at radius 1 is 0.816 bits per heavy atom. The minimum Gasteiger partial charge on any atom is -0.444 e. The van der Waals surface area contributed by atoms with Crippen molar-refractivity contribution in [2.75, 3.05) is 19.6 Å². The number of alkyl carbamates (subject to hydrolysis) is 1. The van der Waals surface area contributed by atoms with Crippen molar-refractivity contribution in [2.45, 2.75) is 78.3 Å². The van der Waals surface area contributed by atoms with Crippen LogP contribution in [0.2, 0.25) is 0 Å². The van der Waals surface area contributed by atoms with E-state index < -0.39 is 35.7 Å². The van der Waals surface area contributed by atoms with Gasteiger partial charge in [0.2, 0.25) is 0 Å². The minimum atomic E-state index is -0.806. The lowest BCUT2D eigenvalue weighted by Gasteiger charge is -2.32. The van der Waals surface area contributed by atoms with Crippen LogP contribution in [0.3, 0.4) is 0 Å². The van der Waals surface area contributed by atoms with Crippen molar-refractivity contribution < 1.29 is 28.5 Å². The van der Waals surface area contributed by atoms with Gasteiger partial charge >= 0.3 is 12.2 Å². The average molecular weight is 530 g/mol. The molecule has 0 aliphatic carbocycles. The molecule has 0 saturated carbocycles. The summed E-state index contributed by atoms with van der Waals surface area (Å²) in [6.45, 7) is 11.7. The van der Waals surface area contributed by atoms with Crippen molar-refractivity contribution in [2.24, 2.45) is 5.73 Å². The van der Waals surface area contributed by atoms with Crippen LogP contribution in [0.4, 0.5) is 9.59 Å². The molecule has 2 aromatic carbocycles. The van der Waals surface area contributed by atoms with E-state index in [9.17, 15) is 9.59 Å². The molecular weight excluding hydrogens is 486 g/mol. The quantitative estimate of drug-likeness (QED) is 0.379. The molecule has 1 atom stereocenters. The zero-order valence-corrected chi connectivity index (χ0v) is 23.4. The van der Waals surface area contributed by atoms with E-state index in [0.717, 1.165) is 11.1 Å². The average Bonchev–Trinajstić information content (AvgIpc) is 2.82. The van der Waals surface area contributed by atoms with Crippen molar-refractivity contribution in [1.29, 1.82) is 0 Å². The maximum absolute atomic E-state index is 13.0. The fourth-order valence-electron chi connectivity index (χ4n) is 3.33. The van der Waals surface area contributed by atoms with E-state index in [0.29, 0.717) is 13.2 Å². The lowest BCUT2D eigenvalue weighted by molar-refractivity contribution is -0.170. The molecule has 0 bridgehead atoms. The maximum atomic E-state index is 13.0. The van der Waals surface area contributed by atoms with Gasteiger partial charge in [-0.15, -0.1) is 0 Å². The van der Waals surface area contributed by atoms with Crippen LogP contribution in [0.25, 0.3) is 0 Å². The summed E-state index contributed by atoms with van der Waals surface area (Å²) < 4.78 is 23.0. The Hall–Kier alpha value is -3.14. The van der Waals surface area contributed by atoms with Gasteiger partial charge in [0.25, 0.3) is 0 Å². The van der Waals surface area contributed by atoms with E-state index in [1.165, 1.54) is 4.90 Å². The fourth-order valence-corrected chi connectivity index (χ4v) is 3.33. The van der Waals surface area contributed by atoms with E-state index in [1.807, 2.05) is 60.7 Å². The number of ether oxygens (including phenoxy) is 4. The number of carbonyl (C=O) groups is 2. The van der Waals surface area contributed by atoms with Crippen molar-refractivity contribution in [3.05, 3.63) is 71.8 Å². The smallest absolute Gasteiger partial charge is 0.410 e. The summed E-state index contributed by atoms with van der Waals surface area (Å²) in [4.78, 5) is 26.5. The Morgan fingerprint density at radius 2 is 1.29 bits per heavy atom. The highest BCUT2D eigenvalue weighted by Crippen LogP contribution is 2.14. The number of hydrogen-bond donors (Lipinski definition) is 2. The lowest BCUT2D eigenvalue weighted by atomic mass is 10.2. The molecule has 3 N–H and O–H groups in total. The summed E-state index contributed by atoms with van der Waals surface area (Å²) in [5.41, 5.74) is 7.16. The molecule has 2 amide bonds. The van der Waals surface area contributed by atoms with Crippen molar-refractivity contribution >= 4 is 12.2 Å². The highest BCUT2D eigenvalue weighted by atomic mass is 16.7. The summed E-state index contributed by atoms with van der Waals surface area (Å²) >= 11 is 0. The van der Waals surface area contributed by atoms with Gasteiger partial charge in [0.1, 0.15) is 11.2 Å². The first-order valence-corrected chi connectivity index (χ1v) is 12.8. The van der Waals surface area contributed by atoms with E-state index in [4.69, 9.17) is 24.7 Å². The predicted octanol–water partition coefficient (Wildman–Crippen LogP) is 4.84. The van der Waals surface area contributed by atoms with Gasteiger partial charge in [0.05, 0.1) is 19.3 Å². The molecule has 0 aliphatic heterocycles. The second-order valence-electron chi connectivity index (χ2n) is 11.0. The summed E-state index contributed by atoms with van der Waals surface area (Å²) in [7, 11) is 0. The van der Waals surface area contributed by atoms with Gasteiger partial charge in [-0.25, -0.2) is 9.59 Å². The lowest BCUT2D eigenvalue weighted by Crippen LogP contribution is -2.51. The van der Waals surface area contributed by atoms with Crippen LogP contribution in [0.15, 0.2) is 60.7 Å². The highest BCUT2D eigenvalue weighted by Gasteiger charge is 2.28. The van der Waals surface area contributed by atoms with E-state index in [-0.39, 0.29) is 19.6 Å². The summed E-state index contributed by atoms with van der Waals surface area (Å²) in [6, 6.07) is 18.7. The molecule has 210 valence electrons. The molecule has 0 heterocycles. The van der Waals surface area contributed by atoms with Crippen LogP contribution in [-0.2, 0) is 32.2 Å². The zero-order valence-electron chi connectivity index (χ0n) is 23.4. The van der Waals surface area contributed by atoms with Crippen LogP contribution >= 0.6 is 0 Å². The minimum absolute atomic E-state index is 0.0825. The molecule has 2 rings (SSSR count). The van der Waals surface area contributed by atoms with Gasteiger partial charge in [-0.05, 0) is 52.7 Å². The molecule has 9 heteroatoms. The molecule has 0 fully saturated rings. The third kappa shape index (κ3) is 12.9. The first kappa shape index (κ1) is 31.1. The second kappa shape index (κ2) is 14.7.